The van der Waals surface area contributed by atoms with Gasteiger partial charge < -0.3 is 15.7 Å². The van der Waals surface area contributed by atoms with Gasteiger partial charge in [-0.1, -0.05) is 19.1 Å². The number of amides is 2. The first-order chi connectivity index (χ1) is 8.65. The van der Waals surface area contributed by atoms with Gasteiger partial charge in [0.1, 0.15) is 0 Å². The van der Waals surface area contributed by atoms with Crippen LogP contribution in [0.1, 0.15) is 25.3 Å². The zero-order chi connectivity index (χ0) is 13.4. The number of benzene rings is 1. The fraction of sp³-hybridized carbons (Fsp3) is 0.385. The van der Waals surface area contributed by atoms with Crippen LogP contribution in [0.5, 0.6) is 0 Å². The molecular weight excluding hydrogens is 232 g/mol. The van der Waals surface area contributed by atoms with E-state index in [4.69, 9.17) is 5.11 Å². The number of hydrogen-bond acceptors (Lipinski definition) is 3. The Labute approximate surface area is 106 Å². The van der Waals surface area contributed by atoms with Crippen LogP contribution in [0.15, 0.2) is 24.3 Å². The number of nitrogens with one attached hydrogen (secondary N) is 2. The number of aliphatic hydroxyl groups is 1. The van der Waals surface area contributed by atoms with Gasteiger partial charge in [0.2, 0.25) is 11.8 Å². The van der Waals surface area contributed by atoms with E-state index in [1.54, 1.807) is 31.2 Å². The van der Waals surface area contributed by atoms with Crippen LogP contribution in [-0.2, 0) is 16.2 Å². The Morgan fingerprint density at radius 1 is 1.17 bits per heavy atom. The first-order valence-electron chi connectivity index (χ1n) is 5.92. The largest absolute Gasteiger partial charge is 0.392 e. The third kappa shape index (κ3) is 4.97. The lowest BCUT2D eigenvalue weighted by Crippen LogP contribution is -2.26. The third-order valence-corrected chi connectivity index (χ3v) is 2.42. The maximum Gasteiger partial charge on any atom is 0.226 e. The van der Waals surface area contributed by atoms with Crippen molar-refractivity contribution in [2.45, 2.75) is 26.4 Å². The van der Waals surface area contributed by atoms with Crippen molar-refractivity contribution in [1.82, 2.24) is 5.32 Å². The van der Waals surface area contributed by atoms with Gasteiger partial charge >= 0.3 is 0 Å². The highest BCUT2D eigenvalue weighted by Crippen LogP contribution is 2.09. The summed E-state index contributed by atoms with van der Waals surface area (Å²) in [5.74, 6) is -0.210. The molecule has 1 rings (SSSR count). The monoisotopic (exact) mass is 250 g/mol. The van der Waals surface area contributed by atoms with Gasteiger partial charge in [-0.05, 0) is 17.7 Å². The molecule has 5 heteroatoms. The Hall–Kier alpha value is -1.88. The van der Waals surface area contributed by atoms with E-state index >= 15 is 0 Å². The Bertz CT molecular complexity index is 401. The molecule has 0 heterocycles. The summed E-state index contributed by atoms with van der Waals surface area (Å²) in [6.07, 6.45) is 0.664. The van der Waals surface area contributed by atoms with Crippen LogP contribution in [0.25, 0.3) is 0 Å². The van der Waals surface area contributed by atoms with Crippen molar-refractivity contribution in [1.29, 1.82) is 0 Å². The van der Waals surface area contributed by atoms with Gasteiger partial charge in [0, 0.05) is 25.1 Å². The Balaban J connectivity index is 2.32. The molecule has 18 heavy (non-hydrogen) atoms. The van der Waals surface area contributed by atoms with Crippen LogP contribution in [-0.4, -0.2) is 23.5 Å². The second-order valence-corrected chi connectivity index (χ2v) is 3.86. The smallest absolute Gasteiger partial charge is 0.226 e. The molecule has 2 amide bonds. The molecule has 3 N–H and O–H groups in total. The lowest BCUT2D eigenvalue weighted by Gasteiger charge is -2.06. The number of carbonyl (C=O) groups is 2. The molecular formula is C13H18N2O3. The Morgan fingerprint density at radius 3 is 2.39 bits per heavy atom. The molecule has 1 aromatic rings. The predicted molar refractivity (Wildman–Crippen MR) is 68.9 cm³/mol. The summed E-state index contributed by atoms with van der Waals surface area (Å²) in [5.41, 5.74) is 1.47. The third-order valence-electron chi connectivity index (χ3n) is 2.42. The zero-order valence-electron chi connectivity index (χ0n) is 10.4. The molecule has 0 aliphatic carbocycles. The lowest BCUT2D eigenvalue weighted by molar-refractivity contribution is -0.121. The van der Waals surface area contributed by atoms with Crippen LogP contribution in [0.2, 0.25) is 0 Å². The molecule has 98 valence electrons. The lowest BCUT2D eigenvalue weighted by atomic mass is 10.2. The van der Waals surface area contributed by atoms with E-state index in [9.17, 15) is 9.59 Å². The van der Waals surface area contributed by atoms with Crippen molar-refractivity contribution < 1.29 is 14.7 Å². The highest BCUT2D eigenvalue weighted by Gasteiger charge is 2.03. The molecule has 0 aliphatic heterocycles. The number of carbonyl (C=O) groups excluding carboxylic acids is 2. The molecule has 1 aromatic carbocycles. The molecule has 0 aliphatic rings. The maximum atomic E-state index is 11.5. The van der Waals surface area contributed by atoms with E-state index in [2.05, 4.69) is 10.6 Å². The van der Waals surface area contributed by atoms with Crippen molar-refractivity contribution in [2.24, 2.45) is 0 Å². The van der Waals surface area contributed by atoms with Crippen LogP contribution in [0.3, 0.4) is 0 Å². The minimum absolute atomic E-state index is 0.0166. The summed E-state index contributed by atoms with van der Waals surface area (Å²) in [7, 11) is 0. The van der Waals surface area contributed by atoms with Crippen LogP contribution >= 0.6 is 0 Å². The highest BCUT2D eigenvalue weighted by molar-refractivity contribution is 5.91. The average Bonchev–Trinajstić information content (AvgIpc) is 2.39. The van der Waals surface area contributed by atoms with Gasteiger partial charge in [0.05, 0.1) is 6.61 Å². The second kappa shape index (κ2) is 7.45. The van der Waals surface area contributed by atoms with Gasteiger partial charge in [-0.15, -0.1) is 0 Å². The molecule has 0 saturated carbocycles. The summed E-state index contributed by atoms with van der Waals surface area (Å²) in [5, 5.41) is 14.2. The van der Waals surface area contributed by atoms with Gasteiger partial charge in [-0.3, -0.25) is 9.59 Å². The molecule has 0 atom stereocenters. The van der Waals surface area contributed by atoms with Crippen molar-refractivity contribution >= 4 is 17.5 Å². The van der Waals surface area contributed by atoms with Crippen molar-refractivity contribution in [3.05, 3.63) is 29.8 Å². The van der Waals surface area contributed by atoms with Crippen LogP contribution in [0, 0.1) is 0 Å². The SMILES string of the molecule is CCC(=O)NCCC(=O)Nc1ccc(CO)cc1. The van der Waals surface area contributed by atoms with Gasteiger partial charge in [-0.25, -0.2) is 0 Å². The molecule has 0 aromatic heterocycles. The molecule has 0 spiro atoms. The molecule has 0 radical (unpaired) electrons. The number of anilines is 1. The number of hydrogen-bond donors (Lipinski definition) is 3. The molecule has 0 unspecified atom stereocenters. The second-order valence-electron chi connectivity index (χ2n) is 3.86. The zero-order valence-corrected chi connectivity index (χ0v) is 10.4. The number of aliphatic hydroxyl groups excluding tert-OH is 1. The van der Waals surface area contributed by atoms with E-state index in [-0.39, 0.29) is 24.8 Å². The van der Waals surface area contributed by atoms with Crippen LogP contribution in [0.4, 0.5) is 5.69 Å². The molecule has 0 saturated heterocycles. The van der Waals surface area contributed by atoms with Gasteiger partial charge in [0.25, 0.3) is 0 Å². The maximum absolute atomic E-state index is 11.5. The van der Waals surface area contributed by atoms with E-state index in [0.29, 0.717) is 18.7 Å². The van der Waals surface area contributed by atoms with Gasteiger partial charge in [0.15, 0.2) is 0 Å². The van der Waals surface area contributed by atoms with E-state index in [1.807, 2.05) is 0 Å². The van der Waals surface area contributed by atoms with E-state index in [0.717, 1.165) is 5.56 Å². The Morgan fingerprint density at radius 2 is 1.83 bits per heavy atom. The van der Waals surface area contributed by atoms with Crippen molar-refractivity contribution in [3.8, 4) is 0 Å². The molecule has 5 nitrogen and oxygen atoms in total. The topological polar surface area (TPSA) is 78.4 Å². The van der Waals surface area contributed by atoms with E-state index < -0.39 is 0 Å². The minimum atomic E-state index is -0.150. The summed E-state index contributed by atoms with van der Waals surface area (Å²) < 4.78 is 0. The molecule has 0 fully saturated rings. The summed E-state index contributed by atoms with van der Waals surface area (Å²) in [6, 6.07) is 6.95. The quantitative estimate of drug-likeness (QED) is 0.705. The first-order valence-corrected chi connectivity index (χ1v) is 5.92. The first kappa shape index (κ1) is 14.2. The number of rotatable bonds is 6. The predicted octanol–water partition coefficient (Wildman–Crippen LogP) is 1.03. The van der Waals surface area contributed by atoms with Crippen molar-refractivity contribution in [3.63, 3.8) is 0 Å². The Kier molecular flexibility index (Phi) is 5.87. The van der Waals surface area contributed by atoms with E-state index in [1.165, 1.54) is 0 Å². The molecule has 0 bridgehead atoms. The normalized spacial score (nSPS) is 9.89. The van der Waals surface area contributed by atoms with Crippen LogP contribution < -0.4 is 10.6 Å². The minimum Gasteiger partial charge on any atom is -0.392 e. The summed E-state index contributed by atoms with van der Waals surface area (Å²) in [6.45, 7) is 2.09. The fourth-order valence-electron chi connectivity index (χ4n) is 1.36. The fourth-order valence-corrected chi connectivity index (χ4v) is 1.36. The standard InChI is InChI=1S/C13H18N2O3/c1-2-12(17)14-8-7-13(18)15-11-5-3-10(9-16)4-6-11/h3-6,16H,2,7-9H2,1H3,(H,14,17)(H,15,18). The van der Waals surface area contributed by atoms with Gasteiger partial charge in [-0.2, -0.15) is 0 Å². The average molecular weight is 250 g/mol. The highest BCUT2D eigenvalue weighted by atomic mass is 16.3. The van der Waals surface area contributed by atoms with Crippen molar-refractivity contribution in [2.75, 3.05) is 11.9 Å². The summed E-state index contributed by atoms with van der Waals surface area (Å²) in [4.78, 5) is 22.5. The summed E-state index contributed by atoms with van der Waals surface area (Å²) >= 11 is 0.